The minimum Gasteiger partial charge on any atom is -0.378 e. The number of nitrogens with one attached hydrogen (secondary N) is 1. The summed E-state index contributed by atoms with van der Waals surface area (Å²) in [6.07, 6.45) is 0. The van der Waals surface area contributed by atoms with Gasteiger partial charge < -0.3 is 10.1 Å². The van der Waals surface area contributed by atoms with Crippen LogP contribution in [0.2, 0.25) is 0 Å². The summed E-state index contributed by atoms with van der Waals surface area (Å²) in [7, 11) is 0. The van der Waals surface area contributed by atoms with E-state index in [9.17, 15) is 0 Å². The predicted octanol–water partition coefficient (Wildman–Crippen LogP) is 1.48. The van der Waals surface area contributed by atoms with Gasteiger partial charge in [0.1, 0.15) is 0 Å². The third kappa shape index (κ3) is 2.44. The monoisotopic (exact) mass is 246 g/mol. The molecule has 0 spiro atoms. The first-order valence-corrected chi connectivity index (χ1v) is 6.84. The van der Waals surface area contributed by atoms with Crippen LogP contribution in [0.4, 0.5) is 0 Å². The van der Waals surface area contributed by atoms with Gasteiger partial charge in [-0.25, -0.2) is 0 Å². The van der Waals surface area contributed by atoms with Crippen molar-refractivity contribution in [2.45, 2.75) is 32.5 Å². The zero-order valence-electron chi connectivity index (χ0n) is 11.3. The molecule has 18 heavy (non-hydrogen) atoms. The van der Waals surface area contributed by atoms with Gasteiger partial charge in [-0.2, -0.15) is 0 Å². The molecule has 2 saturated heterocycles. The summed E-state index contributed by atoms with van der Waals surface area (Å²) in [5, 5.41) is 3.50. The van der Waals surface area contributed by atoms with Crippen LogP contribution in [0.5, 0.6) is 0 Å². The molecule has 3 heteroatoms. The Morgan fingerprint density at radius 1 is 1.11 bits per heavy atom. The van der Waals surface area contributed by atoms with Crippen LogP contribution in [0.1, 0.15) is 16.7 Å². The molecule has 3 rings (SSSR count). The Kier molecular flexibility index (Phi) is 3.37. The van der Waals surface area contributed by atoms with Gasteiger partial charge in [-0.05, 0) is 19.4 Å². The van der Waals surface area contributed by atoms with E-state index >= 15 is 0 Å². The van der Waals surface area contributed by atoms with Crippen LogP contribution >= 0.6 is 0 Å². The average Bonchev–Trinajstić information content (AvgIpc) is 2.26. The molecule has 1 aromatic carbocycles. The summed E-state index contributed by atoms with van der Waals surface area (Å²) in [6, 6.07) is 7.94. The van der Waals surface area contributed by atoms with Gasteiger partial charge >= 0.3 is 0 Å². The minimum absolute atomic E-state index is 0.540. The summed E-state index contributed by atoms with van der Waals surface area (Å²) in [6.45, 7) is 9.27. The molecule has 2 atom stereocenters. The SMILES string of the molecule is Cc1cc(C)cc(CN2C3CNCC2COC3)c1. The van der Waals surface area contributed by atoms with Gasteiger partial charge in [-0.15, -0.1) is 0 Å². The first-order valence-electron chi connectivity index (χ1n) is 6.84. The number of fused-ring (bicyclic) bond motifs is 2. The van der Waals surface area contributed by atoms with Gasteiger partial charge in [0.2, 0.25) is 0 Å². The third-order valence-electron chi connectivity index (χ3n) is 3.97. The number of hydrogen-bond donors (Lipinski definition) is 1. The Balaban J connectivity index is 1.78. The molecule has 2 unspecified atom stereocenters. The van der Waals surface area contributed by atoms with Gasteiger partial charge in [0, 0.05) is 31.7 Å². The lowest BCUT2D eigenvalue weighted by molar-refractivity contribution is -0.0689. The number of piperazine rings is 1. The molecular weight excluding hydrogens is 224 g/mol. The smallest absolute Gasteiger partial charge is 0.0635 e. The van der Waals surface area contributed by atoms with E-state index in [1.165, 1.54) is 16.7 Å². The number of hydrogen-bond acceptors (Lipinski definition) is 3. The maximum atomic E-state index is 5.67. The Labute approximate surface area is 109 Å². The van der Waals surface area contributed by atoms with Crippen LogP contribution in [0.15, 0.2) is 18.2 Å². The molecule has 2 heterocycles. The van der Waals surface area contributed by atoms with Gasteiger partial charge in [0.15, 0.2) is 0 Å². The van der Waals surface area contributed by atoms with Crippen molar-refractivity contribution in [1.82, 2.24) is 10.2 Å². The van der Waals surface area contributed by atoms with E-state index in [0.29, 0.717) is 12.1 Å². The van der Waals surface area contributed by atoms with Gasteiger partial charge in [0.05, 0.1) is 13.2 Å². The number of nitrogens with zero attached hydrogens (tertiary/aromatic N) is 1. The van der Waals surface area contributed by atoms with Crippen LogP contribution in [-0.4, -0.2) is 43.3 Å². The second-order valence-corrected chi connectivity index (χ2v) is 5.67. The fraction of sp³-hybridized carbons (Fsp3) is 0.600. The van der Waals surface area contributed by atoms with Crippen molar-refractivity contribution in [1.29, 1.82) is 0 Å². The second-order valence-electron chi connectivity index (χ2n) is 5.67. The highest BCUT2D eigenvalue weighted by molar-refractivity contribution is 5.28. The highest BCUT2D eigenvalue weighted by atomic mass is 16.5. The number of morpholine rings is 1. The molecular formula is C15H22N2O. The van der Waals surface area contributed by atoms with Crippen molar-refractivity contribution in [2.75, 3.05) is 26.3 Å². The average molecular weight is 246 g/mol. The second kappa shape index (κ2) is 5.00. The first kappa shape index (κ1) is 12.2. The van der Waals surface area contributed by atoms with E-state index in [2.05, 4.69) is 42.3 Å². The van der Waals surface area contributed by atoms with Crippen LogP contribution in [0, 0.1) is 13.8 Å². The molecule has 0 saturated carbocycles. The highest BCUT2D eigenvalue weighted by Crippen LogP contribution is 2.21. The third-order valence-corrected chi connectivity index (χ3v) is 3.97. The molecule has 2 aliphatic heterocycles. The lowest BCUT2D eigenvalue weighted by atomic mass is 10.0. The van der Waals surface area contributed by atoms with Crippen molar-refractivity contribution >= 4 is 0 Å². The summed E-state index contributed by atoms with van der Waals surface area (Å²) >= 11 is 0. The standard InChI is InChI=1S/C15H22N2O/c1-11-3-12(2)5-13(4-11)8-17-14-6-16-7-15(17)10-18-9-14/h3-5,14-16H,6-10H2,1-2H3. The molecule has 1 aromatic rings. The van der Waals surface area contributed by atoms with E-state index in [-0.39, 0.29) is 0 Å². The Hall–Kier alpha value is -0.900. The minimum atomic E-state index is 0.540. The van der Waals surface area contributed by atoms with Gasteiger partial charge in [-0.1, -0.05) is 29.3 Å². The van der Waals surface area contributed by atoms with Crippen molar-refractivity contribution < 1.29 is 4.74 Å². The Bertz CT molecular complexity index is 390. The highest BCUT2D eigenvalue weighted by Gasteiger charge is 2.34. The molecule has 1 N–H and O–H groups in total. The number of aryl methyl sites for hydroxylation is 2. The number of ether oxygens (including phenoxy) is 1. The molecule has 0 aliphatic carbocycles. The molecule has 98 valence electrons. The predicted molar refractivity (Wildman–Crippen MR) is 72.7 cm³/mol. The topological polar surface area (TPSA) is 24.5 Å². The van der Waals surface area contributed by atoms with Gasteiger partial charge in [-0.3, -0.25) is 4.90 Å². The van der Waals surface area contributed by atoms with E-state index in [4.69, 9.17) is 4.74 Å². The van der Waals surface area contributed by atoms with E-state index in [1.807, 2.05) is 0 Å². The van der Waals surface area contributed by atoms with Crippen LogP contribution in [0.25, 0.3) is 0 Å². The number of benzene rings is 1. The van der Waals surface area contributed by atoms with Gasteiger partial charge in [0.25, 0.3) is 0 Å². The van der Waals surface area contributed by atoms with E-state index in [0.717, 1.165) is 32.8 Å². The summed E-state index contributed by atoms with van der Waals surface area (Å²) in [5.41, 5.74) is 4.16. The molecule has 3 nitrogen and oxygen atoms in total. The Morgan fingerprint density at radius 2 is 1.72 bits per heavy atom. The van der Waals surface area contributed by atoms with Crippen molar-refractivity contribution in [2.24, 2.45) is 0 Å². The summed E-state index contributed by atoms with van der Waals surface area (Å²) < 4.78 is 5.67. The van der Waals surface area contributed by atoms with E-state index < -0.39 is 0 Å². The quantitative estimate of drug-likeness (QED) is 0.855. The van der Waals surface area contributed by atoms with Crippen molar-refractivity contribution in [3.63, 3.8) is 0 Å². The molecule has 0 amide bonds. The first-order chi connectivity index (χ1) is 8.72. The summed E-state index contributed by atoms with van der Waals surface area (Å²) in [4.78, 5) is 2.62. The van der Waals surface area contributed by atoms with Crippen LogP contribution < -0.4 is 5.32 Å². The van der Waals surface area contributed by atoms with Crippen LogP contribution in [-0.2, 0) is 11.3 Å². The lowest BCUT2D eigenvalue weighted by Crippen LogP contribution is -2.63. The van der Waals surface area contributed by atoms with E-state index in [1.54, 1.807) is 0 Å². The van der Waals surface area contributed by atoms with Crippen LogP contribution in [0.3, 0.4) is 0 Å². The lowest BCUT2D eigenvalue weighted by Gasteiger charge is -2.46. The van der Waals surface area contributed by atoms with Crippen molar-refractivity contribution in [3.8, 4) is 0 Å². The zero-order valence-corrected chi connectivity index (χ0v) is 11.3. The normalized spacial score (nSPS) is 28.3. The maximum Gasteiger partial charge on any atom is 0.0635 e. The fourth-order valence-electron chi connectivity index (χ4n) is 3.23. The molecule has 0 aromatic heterocycles. The van der Waals surface area contributed by atoms with Crippen molar-refractivity contribution in [3.05, 3.63) is 34.9 Å². The molecule has 2 bridgehead atoms. The number of rotatable bonds is 2. The Morgan fingerprint density at radius 3 is 2.33 bits per heavy atom. The molecule has 0 radical (unpaired) electrons. The largest absolute Gasteiger partial charge is 0.378 e. The maximum absolute atomic E-state index is 5.67. The fourth-order valence-corrected chi connectivity index (χ4v) is 3.23. The molecule has 2 fully saturated rings. The zero-order chi connectivity index (χ0) is 12.5. The molecule has 2 aliphatic rings. The summed E-state index contributed by atoms with van der Waals surface area (Å²) in [5.74, 6) is 0.